The summed E-state index contributed by atoms with van der Waals surface area (Å²) in [6.45, 7) is 6.18. The number of ether oxygens (including phenoxy) is 1. The highest BCUT2D eigenvalue weighted by Gasteiger charge is 2.51. The molecule has 1 saturated heterocycles. The lowest BCUT2D eigenvalue weighted by Crippen LogP contribution is -2.30. The molecule has 0 bridgehead atoms. The Kier molecular flexibility index (Phi) is 2.37. The van der Waals surface area contributed by atoms with Gasteiger partial charge in [-0.1, -0.05) is 13.8 Å². The number of hydrogen-bond acceptors (Lipinski definition) is 2. The van der Waals surface area contributed by atoms with E-state index >= 15 is 0 Å². The Morgan fingerprint density at radius 1 is 1.31 bits per heavy atom. The average molecular weight is 184 g/mol. The molecule has 0 amide bonds. The van der Waals surface area contributed by atoms with E-state index in [1.807, 2.05) is 0 Å². The lowest BCUT2D eigenvalue weighted by Gasteiger charge is -2.27. The lowest BCUT2D eigenvalue weighted by molar-refractivity contribution is -0.00533. The number of aliphatic hydroxyl groups is 1. The van der Waals surface area contributed by atoms with Crippen molar-refractivity contribution < 1.29 is 9.84 Å². The second-order valence-electron chi connectivity index (χ2n) is 5.24. The minimum atomic E-state index is -0.0705. The number of hydrogen-bond donors (Lipinski definition) is 1. The first-order chi connectivity index (χ1) is 6.11. The molecular weight excluding hydrogens is 164 g/mol. The van der Waals surface area contributed by atoms with Gasteiger partial charge >= 0.3 is 0 Å². The molecule has 1 aliphatic heterocycles. The van der Waals surface area contributed by atoms with Crippen molar-refractivity contribution >= 4 is 0 Å². The van der Waals surface area contributed by atoms with Gasteiger partial charge in [-0.15, -0.1) is 0 Å². The van der Waals surface area contributed by atoms with Crippen molar-refractivity contribution in [1.82, 2.24) is 0 Å². The van der Waals surface area contributed by atoms with E-state index in [1.54, 1.807) is 0 Å². The summed E-state index contributed by atoms with van der Waals surface area (Å²) in [5.41, 5.74) is 0.401. The molecular formula is C11H20O2. The zero-order valence-electron chi connectivity index (χ0n) is 8.62. The molecule has 0 aromatic rings. The van der Waals surface area contributed by atoms with Crippen LogP contribution in [0.25, 0.3) is 0 Å². The highest BCUT2D eigenvalue weighted by atomic mass is 16.5. The Labute approximate surface area is 80.3 Å². The third kappa shape index (κ3) is 1.89. The monoisotopic (exact) mass is 184 g/mol. The summed E-state index contributed by atoms with van der Waals surface area (Å²) >= 11 is 0. The van der Waals surface area contributed by atoms with Gasteiger partial charge in [-0.05, 0) is 36.5 Å². The van der Waals surface area contributed by atoms with Crippen LogP contribution in [0, 0.1) is 17.3 Å². The van der Waals surface area contributed by atoms with Crippen LogP contribution in [0.15, 0.2) is 0 Å². The van der Waals surface area contributed by atoms with Crippen molar-refractivity contribution in [3.05, 3.63) is 0 Å². The van der Waals surface area contributed by atoms with Gasteiger partial charge in [-0.25, -0.2) is 0 Å². The maximum absolute atomic E-state index is 10.1. The summed E-state index contributed by atoms with van der Waals surface area (Å²) in [5, 5.41) is 10.1. The molecule has 1 heterocycles. The van der Waals surface area contributed by atoms with Gasteiger partial charge < -0.3 is 9.84 Å². The predicted molar refractivity (Wildman–Crippen MR) is 51.4 cm³/mol. The van der Waals surface area contributed by atoms with Gasteiger partial charge in [0.15, 0.2) is 0 Å². The van der Waals surface area contributed by atoms with E-state index in [2.05, 4.69) is 13.8 Å². The van der Waals surface area contributed by atoms with E-state index < -0.39 is 0 Å². The van der Waals surface area contributed by atoms with E-state index in [1.165, 1.54) is 6.42 Å². The van der Waals surface area contributed by atoms with E-state index in [0.29, 0.717) is 17.3 Å². The topological polar surface area (TPSA) is 29.5 Å². The number of aliphatic hydroxyl groups excluding tert-OH is 1. The van der Waals surface area contributed by atoms with Gasteiger partial charge in [0.25, 0.3) is 0 Å². The van der Waals surface area contributed by atoms with Crippen molar-refractivity contribution in [3.8, 4) is 0 Å². The van der Waals surface area contributed by atoms with E-state index in [-0.39, 0.29) is 6.10 Å². The molecule has 1 aliphatic carbocycles. The quantitative estimate of drug-likeness (QED) is 0.709. The molecule has 13 heavy (non-hydrogen) atoms. The molecule has 2 fully saturated rings. The zero-order valence-corrected chi connectivity index (χ0v) is 8.62. The van der Waals surface area contributed by atoms with Gasteiger partial charge in [0.1, 0.15) is 0 Å². The fourth-order valence-electron chi connectivity index (χ4n) is 2.48. The largest absolute Gasteiger partial charge is 0.393 e. The third-order valence-electron chi connectivity index (χ3n) is 3.75. The summed E-state index contributed by atoms with van der Waals surface area (Å²) < 4.78 is 5.29. The standard InChI is InChI=1S/C11H20O2/c1-11(2)7-9(11)10(12)8-3-5-13-6-4-8/h8-10,12H,3-7H2,1-2H3. The van der Waals surface area contributed by atoms with Crippen molar-refractivity contribution in [2.24, 2.45) is 17.3 Å². The molecule has 0 aromatic heterocycles. The molecule has 76 valence electrons. The highest BCUT2D eigenvalue weighted by Crippen LogP contribution is 2.55. The molecule has 2 rings (SSSR count). The lowest BCUT2D eigenvalue weighted by atomic mass is 9.89. The second kappa shape index (κ2) is 3.25. The van der Waals surface area contributed by atoms with Crippen LogP contribution in [-0.2, 0) is 4.74 Å². The van der Waals surface area contributed by atoms with Crippen molar-refractivity contribution in [2.75, 3.05) is 13.2 Å². The van der Waals surface area contributed by atoms with Crippen LogP contribution >= 0.6 is 0 Å². The van der Waals surface area contributed by atoms with Crippen LogP contribution in [0.4, 0.5) is 0 Å². The predicted octanol–water partition coefficient (Wildman–Crippen LogP) is 1.82. The van der Waals surface area contributed by atoms with Crippen molar-refractivity contribution in [3.63, 3.8) is 0 Å². The molecule has 2 heteroatoms. The minimum Gasteiger partial charge on any atom is -0.393 e. The highest BCUT2D eigenvalue weighted by molar-refractivity contribution is 5.00. The van der Waals surface area contributed by atoms with E-state index in [9.17, 15) is 5.11 Å². The summed E-state index contributed by atoms with van der Waals surface area (Å²) in [7, 11) is 0. The average Bonchev–Trinajstić information content (AvgIpc) is 2.76. The van der Waals surface area contributed by atoms with Gasteiger partial charge in [0.05, 0.1) is 6.10 Å². The van der Waals surface area contributed by atoms with Gasteiger partial charge in [0, 0.05) is 13.2 Å². The maximum Gasteiger partial charge on any atom is 0.0603 e. The second-order valence-corrected chi connectivity index (χ2v) is 5.24. The van der Waals surface area contributed by atoms with Crippen LogP contribution in [0.2, 0.25) is 0 Å². The molecule has 1 N–H and O–H groups in total. The summed E-state index contributed by atoms with van der Waals surface area (Å²) in [6, 6.07) is 0. The molecule has 2 atom stereocenters. The number of rotatable bonds is 2. The van der Waals surface area contributed by atoms with Crippen LogP contribution in [0.5, 0.6) is 0 Å². The first kappa shape index (κ1) is 9.47. The van der Waals surface area contributed by atoms with Crippen molar-refractivity contribution in [1.29, 1.82) is 0 Å². The van der Waals surface area contributed by atoms with Crippen LogP contribution in [-0.4, -0.2) is 24.4 Å². The van der Waals surface area contributed by atoms with Crippen LogP contribution in [0.3, 0.4) is 0 Å². The Morgan fingerprint density at radius 3 is 2.31 bits per heavy atom. The molecule has 2 unspecified atom stereocenters. The summed E-state index contributed by atoms with van der Waals surface area (Å²) in [5.74, 6) is 1.05. The van der Waals surface area contributed by atoms with Gasteiger partial charge in [-0.3, -0.25) is 0 Å². The van der Waals surface area contributed by atoms with Crippen LogP contribution < -0.4 is 0 Å². The van der Waals surface area contributed by atoms with E-state index in [4.69, 9.17) is 4.74 Å². The van der Waals surface area contributed by atoms with Crippen molar-refractivity contribution in [2.45, 2.75) is 39.2 Å². The third-order valence-corrected chi connectivity index (χ3v) is 3.75. The Hall–Kier alpha value is -0.0800. The molecule has 0 aromatic carbocycles. The first-order valence-electron chi connectivity index (χ1n) is 5.37. The van der Waals surface area contributed by atoms with Gasteiger partial charge in [-0.2, -0.15) is 0 Å². The van der Waals surface area contributed by atoms with E-state index in [0.717, 1.165) is 26.1 Å². The zero-order chi connectivity index (χ0) is 9.47. The molecule has 2 aliphatic rings. The first-order valence-corrected chi connectivity index (χ1v) is 5.37. The maximum atomic E-state index is 10.1. The Bertz CT molecular complexity index is 183. The summed E-state index contributed by atoms with van der Waals surface area (Å²) in [6.07, 6.45) is 3.23. The molecule has 1 saturated carbocycles. The fourth-order valence-corrected chi connectivity index (χ4v) is 2.48. The Balaban J connectivity index is 1.86. The smallest absolute Gasteiger partial charge is 0.0603 e. The minimum absolute atomic E-state index is 0.0705. The fraction of sp³-hybridized carbons (Fsp3) is 1.00. The molecule has 0 spiro atoms. The summed E-state index contributed by atoms with van der Waals surface area (Å²) in [4.78, 5) is 0. The normalized spacial score (nSPS) is 35.8. The SMILES string of the molecule is CC1(C)CC1C(O)C1CCOCC1. The Morgan fingerprint density at radius 2 is 1.85 bits per heavy atom. The van der Waals surface area contributed by atoms with Crippen LogP contribution in [0.1, 0.15) is 33.1 Å². The van der Waals surface area contributed by atoms with Gasteiger partial charge in [0.2, 0.25) is 0 Å². The molecule has 2 nitrogen and oxygen atoms in total. The molecule has 0 radical (unpaired) electrons.